The third-order valence-electron chi connectivity index (χ3n) is 4.58. The zero-order valence-electron chi connectivity index (χ0n) is 16.0. The van der Waals surface area contributed by atoms with Gasteiger partial charge in [0, 0.05) is 17.7 Å². The Labute approximate surface area is 165 Å². The first-order chi connectivity index (χ1) is 13.7. The highest BCUT2D eigenvalue weighted by atomic mass is 16.5. The van der Waals surface area contributed by atoms with E-state index >= 15 is 0 Å². The molecular formula is C24H25NO3. The number of hydrogen-bond acceptors (Lipinski definition) is 3. The van der Waals surface area contributed by atoms with Gasteiger partial charge in [0.2, 0.25) is 0 Å². The predicted octanol–water partition coefficient (Wildman–Crippen LogP) is 4.22. The van der Waals surface area contributed by atoms with Crippen LogP contribution in [-0.4, -0.2) is 24.2 Å². The zero-order valence-corrected chi connectivity index (χ0v) is 16.0. The number of aryl methyl sites for hydroxylation is 1. The fourth-order valence-electron chi connectivity index (χ4n) is 3.09. The number of amides is 1. The number of nitrogens with one attached hydrogen (secondary N) is 1. The van der Waals surface area contributed by atoms with E-state index in [-0.39, 0.29) is 19.1 Å². The van der Waals surface area contributed by atoms with E-state index < -0.39 is 0 Å². The fraction of sp³-hybridized carbons (Fsp3) is 0.208. The molecule has 4 heteroatoms. The molecule has 0 radical (unpaired) electrons. The lowest BCUT2D eigenvalue weighted by Crippen LogP contribution is -2.26. The van der Waals surface area contributed by atoms with Gasteiger partial charge < -0.3 is 15.2 Å². The highest BCUT2D eigenvalue weighted by Gasteiger charge is 2.10. The number of benzene rings is 3. The van der Waals surface area contributed by atoms with E-state index in [4.69, 9.17) is 9.84 Å². The molecule has 4 nitrogen and oxygen atoms in total. The van der Waals surface area contributed by atoms with Gasteiger partial charge >= 0.3 is 0 Å². The summed E-state index contributed by atoms with van der Waals surface area (Å²) in [5, 5.41) is 11.4. The second-order valence-corrected chi connectivity index (χ2v) is 6.47. The lowest BCUT2D eigenvalue weighted by atomic mass is 9.97. The summed E-state index contributed by atoms with van der Waals surface area (Å²) < 4.78 is 6.11. The van der Waals surface area contributed by atoms with Gasteiger partial charge in [-0.05, 0) is 41.3 Å². The minimum atomic E-state index is -0.192. The Morgan fingerprint density at radius 1 is 0.929 bits per heavy atom. The van der Waals surface area contributed by atoms with Gasteiger partial charge in [-0.15, -0.1) is 0 Å². The molecule has 3 aromatic carbocycles. The first kappa shape index (κ1) is 19.6. The third kappa shape index (κ3) is 4.78. The first-order valence-corrected chi connectivity index (χ1v) is 9.51. The van der Waals surface area contributed by atoms with Gasteiger partial charge in [-0.25, -0.2) is 0 Å². The number of hydrogen-bond donors (Lipinski definition) is 2. The number of ether oxygens (including phenoxy) is 1. The largest absolute Gasteiger partial charge is 0.488 e. The van der Waals surface area contributed by atoms with Crippen molar-refractivity contribution in [1.29, 1.82) is 0 Å². The van der Waals surface area contributed by atoms with Gasteiger partial charge in [0.25, 0.3) is 5.91 Å². The lowest BCUT2D eigenvalue weighted by Gasteiger charge is -2.14. The molecule has 0 aromatic heterocycles. The van der Waals surface area contributed by atoms with E-state index in [1.54, 1.807) is 12.1 Å². The van der Waals surface area contributed by atoms with Crippen LogP contribution in [0.2, 0.25) is 0 Å². The normalized spacial score (nSPS) is 10.5. The van der Waals surface area contributed by atoms with Gasteiger partial charge in [-0.3, -0.25) is 4.79 Å². The van der Waals surface area contributed by atoms with Crippen LogP contribution in [0.15, 0.2) is 72.8 Å². The molecule has 3 aromatic rings. The van der Waals surface area contributed by atoms with Gasteiger partial charge in [0.1, 0.15) is 12.4 Å². The molecule has 0 atom stereocenters. The summed E-state index contributed by atoms with van der Waals surface area (Å²) >= 11 is 0. The van der Waals surface area contributed by atoms with Crippen LogP contribution in [0.4, 0.5) is 0 Å². The monoisotopic (exact) mass is 375 g/mol. The number of carbonyl (C=O) groups is 1. The van der Waals surface area contributed by atoms with Crippen molar-refractivity contribution in [2.45, 2.75) is 20.0 Å². The molecule has 0 saturated heterocycles. The highest BCUT2D eigenvalue weighted by molar-refractivity contribution is 5.94. The second kappa shape index (κ2) is 9.72. The summed E-state index contributed by atoms with van der Waals surface area (Å²) in [6.45, 7) is 2.75. The van der Waals surface area contributed by atoms with Crippen LogP contribution in [-0.2, 0) is 13.0 Å². The summed E-state index contributed by atoms with van der Waals surface area (Å²) in [6.07, 6.45) is 0.963. The molecule has 3 rings (SSSR count). The number of rotatable bonds is 8. The van der Waals surface area contributed by atoms with Crippen LogP contribution in [0.5, 0.6) is 5.75 Å². The van der Waals surface area contributed by atoms with E-state index in [0.717, 1.165) is 23.3 Å². The van der Waals surface area contributed by atoms with E-state index in [1.165, 1.54) is 11.1 Å². The quantitative estimate of drug-likeness (QED) is 0.620. The standard InChI is InChI=1S/C24H25NO3/c1-2-19-7-3-4-8-21(19)22-9-5-6-10-23(22)28-17-18-11-13-20(14-12-18)24(27)25-15-16-26/h3-14,26H,2,15-17H2,1H3,(H,25,27). The van der Waals surface area contributed by atoms with Crippen molar-refractivity contribution in [2.75, 3.05) is 13.2 Å². The van der Waals surface area contributed by atoms with E-state index in [0.29, 0.717) is 12.2 Å². The highest BCUT2D eigenvalue weighted by Crippen LogP contribution is 2.33. The van der Waals surface area contributed by atoms with Crippen molar-refractivity contribution >= 4 is 5.91 Å². The minimum Gasteiger partial charge on any atom is -0.488 e. The molecule has 0 spiro atoms. The molecule has 0 fully saturated rings. The third-order valence-corrected chi connectivity index (χ3v) is 4.58. The molecule has 0 heterocycles. The van der Waals surface area contributed by atoms with E-state index in [1.807, 2.05) is 36.4 Å². The van der Waals surface area contributed by atoms with Crippen molar-refractivity contribution < 1.29 is 14.6 Å². The Hall–Kier alpha value is -3.11. The minimum absolute atomic E-state index is 0.0712. The van der Waals surface area contributed by atoms with Gasteiger partial charge in [0.15, 0.2) is 0 Å². The van der Waals surface area contributed by atoms with Crippen LogP contribution in [0.1, 0.15) is 28.4 Å². The summed E-state index contributed by atoms with van der Waals surface area (Å²) in [4.78, 5) is 11.9. The predicted molar refractivity (Wildman–Crippen MR) is 111 cm³/mol. The maximum atomic E-state index is 11.9. The molecule has 1 amide bonds. The number of para-hydroxylation sites is 1. The Balaban J connectivity index is 1.73. The molecule has 144 valence electrons. The summed E-state index contributed by atoms with van der Waals surface area (Å²) in [7, 11) is 0. The van der Waals surface area contributed by atoms with Crippen molar-refractivity contribution in [3.63, 3.8) is 0 Å². The summed E-state index contributed by atoms with van der Waals surface area (Å²) in [5.41, 5.74) is 5.11. The topological polar surface area (TPSA) is 58.6 Å². The number of carbonyl (C=O) groups excluding carboxylic acids is 1. The van der Waals surface area contributed by atoms with Crippen molar-refractivity contribution in [3.8, 4) is 16.9 Å². The van der Waals surface area contributed by atoms with Crippen molar-refractivity contribution in [3.05, 3.63) is 89.5 Å². The van der Waals surface area contributed by atoms with Gasteiger partial charge in [-0.1, -0.05) is 61.5 Å². The molecule has 0 aliphatic rings. The Morgan fingerprint density at radius 3 is 2.32 bits per heavy atom. The van der Waals surface area contributed by atoms with Crippen LogP contribution in [0.3, 0.4) is 0 Å². The van der Waals surface area contributed by atoms with E-state index in [2.05, 4.69) is 36.5 Å². The smallest absolute Gasteiger partial charge is 0.251 e. The van der Waals surface area contributed by atoms with Crippen LogP contribution >= 0.6 is 0 Å². The molecule has 0 unspecified atom stereocenters. The average molecular weight is 375 g/mol. The molecule has 0 bridgehead atoms. The SMILES string of the molecule is CCc1ccccc1-c1ccccc1OCc1ccc(C(=O)NCCO)cc1. The van der Waals surface area contributed by atoms with Crippen molar-refractivity contribution in [1.82, 2.24) is 5.32 Å². The summed E-state index contributed by atoms with van der Waals surface area (Å²) in [6, 6.07) is 23.7. The van der Waals surface area contributed by atoms with Crippen LogP contribution in [0.25, 0.3) is 11.1 Å². The maximum absolute atomic E-state index is 11.9. The molecule has 0 aliphatic carbocycles. The zero-order chi connectivity index (χ0) is 19.8. The van der Waals surface area contributed by atoms with Gasteiger partial charge in [-0.2, -0.15) is 0 Å². The maximum Gasteiger partial charge on any atom is 0.251 e. The molecule has 28 heavy (non-hydrogen) atoms. The Morgan fingerprint density at radius 2 is 1.61 bits per heavy atom. The van der Waals surface area contributed by atoms with Crippen LogP contribution < -0.4 is 10.1 Å². The fourth-order valence-corrected chi connectivity index (χ4v) is 3.09. The van der Waals surface area contributed by atoms with Gasteiger partial charge in [0.05, 0.1) is 6.61 Å². The lowest BCUT2D eigenvalue weighted by molar-refractivity contribution is 0.0944. The molecule has 0 aliphatic heterocycles. The second-order valence-electron chi connectivity index (χ2n) is 6.47. The molecule has 0 saturated carbocycles. The first-order valence-electron chi connectivity index (χ1n) is 9.51. The molecular weight excluding hydrogens is 350 g/mol. The molecule has 2 N–H and O–H groups in total. The van der Waals surface area contributed by atoms with E-state index in [9.17, 15) is 4.79 Å². The Bertz CT molecular complexity index is 919. The number of aliphatic hydroxyl groups is 1. The summed E-state index contributed by atoms with van der Waals surface area (Å²) in [5.74, 6) is 0.649. The van der Waals surface area contributed by atoms with Crippen molar-refractivity contribution in [2.24, 2.45) is 0 Å². The van der Waals surface area contributed by atoms with Crippen LogP contribution in [0, 0.1) is 0 Å². The Kier molecular flexibility index (Phi) is 6.82. The average Bonchev–Trinajstić information content (AvgIpc) is 2.76. The number of aliphatic hydroxyl groups excluding tert-OH is 1.